The van der Waals surface area contributed by atoms with Gasteiger partial charge in [0.1, 0.15) is 34.5 Å². The number of carbonyl (C=O) groups excluding carboxylic acids is 7. The highest BCUT2D eigenvalue weighted by atomic mass is 16.5. The largest absolute Gasteiger partial charge is 0.496 e. The Morgan fingerprint density at radius 1 is 0.409 bits per heavy atom. The number of hydrogen-bond donors (Lipinski definition) is 9. The van der Waals surface area contributed by atoms with E-state index in [-0.39, 0.29) is 105 Å². The summed E-state index contributed by atoms with van der Waals surface area (Å²) >= 11 is 0. The number of amides is 5. The summed E-state index contributed by atoms with van der Waals surface area (Å²) in [6.07, 6.45) is 14.6. The Hall–Kier alpha value is -7.09. The first-order valence-electron chi connectivity index (χ1n) is 33.7. The molecule has 2 fully saturated rings. The Bertz CT molecular complexity index is 2840. The lowest BCUT2D eigenvalue weighted by molar-refractivity contribution is -0.120. The van der Waals surface area contributed by atoms with Gasteiger partial charge in [0.15, 0.2) is 18.2 Å². The van der Waals surface area contributed by atoms with Crippen molar-refractivity contribution < 1.29 is 62.0 Å². The van der Waals surface area contributed by atoms with Crippen molar-refractivity contribution in [3.8, 4) is 34.5 Å². The van der Waals surface area contributed by atoms with Gasteiger partial charge in [-0.25, -0.2) is 0 Å². The van der Waals surface area contributed by atoms with E-state index in [1.54, 1.807) is 24.3 Å². The van der Waals surface area contributed by atoms with Crippen molar-refractivity contribution in [2.45, 2.75) is 153 Å². The van der Waals surface area contributed by atoms with Crippen LogP contribution < -0.4 is 78.4 Å². The van der Waals surface area contributed by atoms with Crippen molar-refractivity contribution in [2.75, 3.05) is 121 Å². The number of carbonyl (C=O) groups is 7. The van der Waals surface area contributed by atoms with Crippen LogP contribution in [0.3, 0.4) is 0 Å². The van der Waals surface area contributed by atoms with Crippen LogP contribution >= 0.6 is 0 Å². The van der Waals surface area contributed by atoms with Crippen LogP contribution in [0.4, 0.5) is 0 Å². The molecule has 0 unspecified atom stereocenters. The van der Waals surface area contributed by atoms with Crippen LogP contribution in [0.2, 0.25) is 0 Å². The zero-order valence-corrected chi connectivity index (χ0v) is 56.1. The van der Waals surface area contributed by atoms with Gasteiger partial charge in [0.05, 0.1) is 66.9 Å². The molecule has 24 heteroatoms. The van der Waals surface area contributed by atoms with E-state index in [9.17, 15) is 33.6 Å². The summed E-state index contributed by atoms with van der Waals surface area (Å²) in [5.41, 5.74) is 29.6. The topological polar surface area (TPSA) is 360 Å². The van der Waals surface area contributed by atoms with Crippen molar-refractivity contribution in [3.05, 3.63) is 69.8 Å². The molecule has 2 saturated carbocycles. The fourth-order valence-electron chi connectivity index (χ4n) is 11.4. The van der Waals surface area contributed by atoms with Crippen molar-refractivity contribution in [1.29, 1.82) is 0 Å². The zero-order valence-electron chi connectivity index (χ0n) is 56.1. The fraction of sp³-hybridized carbons (Fsp3) is 0.638. The highest BCUT2D eigenvalue weighted by Gasteiger charge is 2.32. The average Bonchev–Trinajstić information content (AvgIpc) is 1.29. The van der Waals surface area contributed by atoms with Gasteiger partial charge in [-0.3, -0.25) is 33.6 Å². The predicted molar refractivity (Wildman–Crippen MR) is 360 cm³/mol. The number of Topliss-reactive ketones (excluding diaryl/α,β-unsaturated/α-hetero) is 2. The van der Waals surface area contributed by atoms with Crippen LogP contribution in [0, 0.1) is 11.8 Å². The number of methoxy groups -OCH3 is 1. The van der Waals surface area contributed by atoms with Crippen molar-refractivity contribution >= 4 is 41.1 Å². The molecule has 0 heterocycles. The molecule has 24 nitrogen and oxygen atoms in total. The number of ether oxygens (including phenoxy) is 6. The summed E-state index contributed by atoms with van der Waals surface area (Å²) in [5.74, 6) is -1.47. The molecule has 93 heavy (non-hydrogen) atoms. The molecule has 0 aromatic heterocycles. The van der Waals surface area contributed by atoms with E-state index in [0.29, 0.717) is 160 Å². The van der Waals surface area contributed by atoms with Gasteiger partial charge in [-0.15, -0.1) is 0 Å². The monoisotopic (exact) mass is 1300 g/mol. The second-order valence-corrected chi connectivity index (χ2v) is 25.0. The van der Waals surface area contributed by atoms with Gasteiger partial charge in [0.2, 0.25) is 0 Å². The van der Waals surface area contributed by atoms with Crippen LogP contribution in [-0.2, 0) is 4.79 Å². The van der Waals surface area contributed by atoms with E-state index < -0.39 is 24.3 Å². The number of ketones is 2. The number of unbranched alkanes of at least 4 members (excludes halogenated alkanes) is 8. The number of likely N-dealkylation sites (N-methyl/N-ethyl adjacent to an activating group) is 2. The predicted octanol–water partition coefficient (Wildman–Crippen LogP) is 6.30. The molecule has 0 aliphatic heterocycles. The Balaban J connectivity index is 1.27. The van der Waals surface area contributed by atoms with E-state index in [0.717, 1.165) is 70.6 Å². The van der Waals surface area contributed by atoms with E-state index in [1.165, 1.54) is 19.2 Å². The smallest absolute Gasteiger partial charge is 0.255 e. The minimum Gasteiger partial charge on any atom is -0.496 e. The summed E-state index contributed by atoms with van der Waals surface area (Å²) < 4.78 is 36.4. The molecule has 3 aromatic rings. The van der Waals surface area contributed by atoms with Gasteiger partial charge in [0.25, 0.3) is 29.5 Å². The maximum Gasteiger partial charge on any atom is 0.255 e. The first-order valence-corrected chi connectivity index (χ1v) is 33.7. The maximum atomic E-state index is 14.5. The van der Waals surface area contributed by atoms with Gasteiger partial charge in [-0.1, -0.05) is 0 Å². The van der Waals surface area contributed by atoms with Crippen LogP contribution in [0.5, 0.6) is 34.5 Å². The van der Waals surface area contributed by atoms with Crippen LogP contribution in [-0.4, -0.2) is 184 Å². The maximum absolute atomic E-state index is 14.5. The molecule has 5 rings (SSSR count). The average molecular weight is 1300 g/mol. The Morgan fingerprint density at radius 2 is 0.720 bits per heavy atom. The van der Waals surface area contributed by atoms with Gasteiger partial charge < -0.3 is 88.2 Å². The van der Waals surface area contributed by atoms with E-state index >= 15 is 0 Å². The number of nitrogens with one attached hydrogen (secondary N) is 4. The number of hydrogen-bond acceptors (Lipinski definition) is 19. The molecule has 2 aliphatic carbocycles. The van der Waals surface area contributed by atoms with Gasteiger partial charge in [0, 0.05) is 69.3 Å². The molecule has 3 aromatic carbocycles. The lowest BCUT2D eigenvalue weighted by atomic mass is 9.81. The molecule has 0 atom stereocenters. The minimum atomic E-state index is -0.752. The summed E-state index contributed by atoms with van der Waals surface area (Å²) in [7, 11) is 9.08. The van der Waals surface area contributed by atoms with Gasteiger partial charge in [-0.05, 0) is 213 Å². The number of primary amides is 1. The first kappa shape index (κ1) is 76.6. The van der Waals surface area contributed by atoms with E-state index in [4.69, 9.17) is 57.1 Å². The standard InChI is InChI=1S/C69H109N11O13/c1-79(2)32-30-75-66(84)53-41-55(63(91-36-16-8-12-28-72)44-61(53)89-34-14-6-10-26-70)68(86)77-49-22-18-47(19-23-49)38-57(81)51-40-52(60(43-59(51)88-5)93-46-65(74)83)58(82)39-48-20-24-50(25-21-48)78-69(87)56-42-54(67(85)76-31-33-80(3)4)62(90-35-15-7-11-27-71)45-64(56)92-37-17-9-13-29-73/h40-45,47-50H,6-39,46,70-73H2,1-5H3,(H2,74,83)(H,75,84)(H,76,85)(H,77,86)(H,78,87). The van der Waals surface area contributed by atoms with Crippen LogP contribution in [0.15, 0.2) is 36.4 Å². The van der Waals surface area contributed by atoms with Gasteiger partial charge in [-0.2, -0.15) is 0 Å². The summed E-state index contributed by atoms with van der Waals surface area (Å²) in [6, 6.07) is 8.86. The molecule has 0 spiro atoms. The van der Waals surface area contributed by atoms with Crippen molar-refractivity contribution in [2.24, 2.45) is 40.5 Å². The Morgan fingerprint density at radius 3 is 1.04 bits per heavy atom. The minimum absolute atomic E-state index is 0.0534. The second kappa shape index (κ2) is 42.3. The van der Waals surface area contributed by atoms with Crippen LogP contribution in [0.25, 0.3) is 0 Å². The Kier molecular flexibility index (Phi) is 34.8. The van der Waals surface area contributed by atoms with Crippen molar-refractivity contribution in [3.63, 3.8) is 0 Å². The highest BCUT2D eigenvalue weighted by Crippen LogP contribution is 2.38. The summed E-state index contributed by atoms with van der Waals surface area (Å²) in [4.78, 5) is 101. The number of benzene rings is 3. The third kappa shape index (κ3) is 26.7. The van der Waals surface area contributed by atoms with Crippen LogP contribution in [0.1, 0.15) is 203 Å². The van der Waals surface area contributed by atoms with Gasteiger partial charge >= 0.3 is 0 Å². The first-order chi connectivity index (χ1) is 44.9. The van der Waals surface area contributed by atoms with E-state index in [1.807, 2.05) is 38.0 Å². The SMILES string of the molecule is COc1cc(OCC(N)=O)c(C(=O)CC2CCC(NC(=O)c3cc(C(=O)NCCN(C)C)c(OCCCCCN)cc3OCCCCCN)CC2)cc1C(=O)CC1CCC(NC(=O)c2cc(C(=O)NCCN(C)C)c(OCCCCCN)cc2OCCCCCN)CC1. The molecule has 5 amide bonds. The lowest BCUT2D eigenvalue weighted by Gasteiger charge is -2.29. The summed E-state index contributed by atoms with van der Waals surface area (Å²) in [5, 5.41) is 12.3. The molecule has 0 radical (unpaired) electrons. The lowest BCUT2D eigenvalue weighted by Crippen LogP contribution is -2.38. The molecule has 2 aliphatic rings. The number of nitrogens with zero attached hydrogens (tertiary/aromatic N) is 2. The zero-order chi connectivity index (χ0) is 67.5. The Labute approximate surface area is 550 Å². The molecular weight excluding hydrogens is 1190 g/mol. The molecule has 0 saturated heterocycles. The number of nitrogens with two attached hydrogens (primary N) is 5. The van der Waals surface area contributed by atoms with E-state index in [2.05, 4.69) is 21.3 Å². The second-order valence-electron chi connectivity index (χ2n) is 25.0. The molecule has 518 valence electrons. The third-order valence-electron chi connectivity index (χ3n) is 16.8. The summed E-state index contributed by atoms with van der Waals surface area (Å²) in [6.45, 7) is 5.10. The highest BCUT2D eigenvalue weighted by molar-refractivity contribution is 6.06. The fourth-order valence-corrected chi connectivity index (χ4v) is 11.4. The molecule has 14 N–H and O–H groups in total. The number of rotatable bonds is 46. The third-order valence-corrected chi connectivity index (χ3v) is 16.8. The van der Waals surface area contributed by atoms with Crippen molar-refractivity contribution in [1.82, 2.24) is 31.1 Å². The molecule has 0 bridgehead atoms. The molecular formula is C69H109N11O13. The quantitative estimate of drug-likeness (QED) is 0.0221. The normalized spacial score (nSPS) is 16.3.